The standard InChI is InChI=1S/C43H74N2O14/c1-24-21-29(19-20-46)39(59-42-37(49)36(45(9)10)38(27(4)56-42)58-35-23-43(6,51)41(50)28(5)55-35)40(52-11)31(47)22-33(48)53-25(2)15-13-12-14-16-32(24)57-34-18-17-30(44(7)8)26(3)54-34/h12-14,16,20,24-32,34-42,47,49-51H,15,17-19,21-23H2,1-11H3/t24-,25-,26+,27-,28+,29+,30+,31-,32+,34+,35+,36-,37-,38-,39+,40+,41+,42+,43-/m1/s1. The Hall–Kier alpha value is -1.90. The van der Waals surface area contributed by atoms with E-state index >= 15 is 0 Å². The number of hydrogen-bond acceptors (Lipinski definition) is 16. The van der Waals surface area contributed by atoms with Crippen LogP contribution < -0.4 is 0 Å². The molecule has 0 radical (unpaired) electrons. The first-order valence-electron chi connectivity index (χ1n) is 21.3. The van der Waals surface area contributed by atoms with Crippen molar-refractivity contribution >= 4 is 12.3 Å². The van der Waals surface area contributed by atoms with Gasteiger partial charge in [-0.2, -0.15) is 0 Å². The van der Waals surface area contributed by atoms with E-state index in [9.17, 15) is 30.0 Å². The number of nitrogens with zero attached hydrogens (tertiary/aromatic N) is 2. The number of methoxy groups -OCH3 is 1. The first kappa shape index (κ1) is 49.8. The molecule has 0 spiro atoms. The van der Waals surface area contributed by atoms with Crippen molar-refractivity contribution in [1.82, 2.24) is 9.80 Å². The molecule has 0 aromatic heterocycles. The molecule has 340 valence electrons. The molecule has 59 heavy (non-hydrogen) atoms. The minimum Gasteiger partial charge on any atom is -0.462 e. The van der Waals surface area contributed by atoms with Crippen molar-refractivity contribution in [3.8, 4) is 0 Å². The van der Waals surface area contributed by atoms with E-state index in [4.69, 9.17) is 37.9 Å². The second-order valence-corrected chi connectivity index (χ2v) is 17.8. The largest absolute Gasteiger partial charge is 0.462 e. The lowest BCUT2D eigenvalue weighted by molar-refractivity contribution is -0.344. The molecule has 0 aromatic carbocycles. The van der Waals surface area contributed by atoms with Gasteiger partial charge in [0.25, 0.3) is 0 Å². The van der Waals surface area contributed by atoms with Crippen LogP contribution in [0.25, 0.3) is 0 Å². The molecule has 4 rings (SSSR count). The van der Waals surface area contributed by atoms with Crippen molar-refractivity contribution in [3.05, 3.63) is 24.3 Å². The molecule has 16 heteroatoms. The van der Waals surface area contributed by atoms with Crippen LogP contribution in [-0.4, -0.2) is 181 Å². The van der Waals surface area contributed by atoms with Crippen LogP contribution in [-0.2, 0) is 47.5 Å². The van der Waals surface area contributed by atoms with Gasteiger partial charge in [-0.05, 0) is 93.9 Å². The van der Waals surface area contributed by atoms with Gasteiger partial charge in [-0.3, -0.25) is 4.79 Å². The van der Waals surface area contributed by atoms with Crippen molar-refractivity contribution in [2.24, 2.45) is 11.8 Å². The van der Waals surface area contributed by atoms with Crippen molar-refractivity contribution < 1.29 is 67.9 Å². The third-order valence-corrected chi connectivity index (χ3v) is 12.4. The fourth-order valence-electron chi connectivity index (χ4n) is 9.10. The number of carbonyl (C=O) groups excluding carboxylic acids is 2. The average molecular weight is 843 g/mol. The predicted octanol–water partition coefficient (Wildman–Crippen LogP) is 2.33. The van der Waals surface area contributed by atoms with Gasteiger partial charge in [0.05, 0.1) is 54.7 Å². The number of aliphatic hydroxyl groups is 4. The number of likely N-dealkylation sites (N-methyl/N-ethyl adjacent to an activating group) is 2. The third kappa shape index (κ3) is 13.3. The van der Waals surface area contributed by atoms with Crippen molar-refractivity contribution in [3.63, 3.8) is 0 Å². The van der Waals surface area contributed by atoms with E-state index in [1.807, 2.05) is 52.2 Å². The van der Waals surface area contributed by atoms with Gasteiger partial charge in [0, 0.05) is 32.4 Å². The number of aldehydes is 1. The fourth-order valence-corrected chi connectivity index (χ4v) is 9.10. The van der Waals surface area contributed by atoms with E-state index in [1.165, 1.54) is 14.0 Å². The van der Waals surface area contributed by atoms with Crippen LogP contribution >= 0.6 is 0 Å². The molecule has 0 amide bonds. The monoisotopic (exact) mass is 843 g/mol. The van der Waals surface area contributed by atoms with Gasteiger partial charge in [0.1, 0.15) is 36.8 Å². The summed E-state index contributed by atoms with van der Waals surface area (Å²) in [5.41, 5.74) is -1.47. The van der Waals surface area contributed by atoms with Crippen LogP contribution in [0.3, 0.4) is 0 Å². The number of aliphatic hydroxyl groups excluding tert-OH is 3. The molecule has 19 atom stereocenters. The highest BCUT2D eigenvalue weighted by atomic mass is 16.7. The van der Waals surface area contributed by atoms with E-state index in [0.717, 1.165) is 12.7 Å². The zero-order valence-corrected chi connectivity index (χ0v) is 37.0. The van der Waals surface area contributed by atoms with Gasteiger partial charge in [-0.1, -0.05) is 31.2 Å². The highest BCUT2D eigenvalue weighted by Gasteiger charge is 2.52. The topological polar surface area (TPSA) is 195 Å². The second-order valence-electron chi connectivity index (χ2n) is 17.8. The van der Waals surface area contributed by atoms with Crippen LogP contribution in [0.4, 0.5) is 0 Å². The number of hydrogen-bond donors (Lipinski definition) is 4. The van der Waals surface area contributed by atoms with E-state index < -0.39 is 110 Å². The molecule has 4 heterocycles. The zero-order chi connectivity index (χ0) is 43.8. The first-order chi connectivity index (χ1) is 27.8. The Kier molecular flexibility index (Phi) is 18.9. The van der Waals surface area contributed by atoms with E-state index in [1.54, 1.807) is 39.8 Å². The quantitative estimate of drug-likeness (QED) is 0.175. The molecular formula is C43H74N2O14. The molecule has 3 saturated heterocycles. The summed E-state index contributed by atoms with van der Waals surface area (Å²) < 4.78 is 50.0. The van der Waals surface area contributed by atoms with Crippen LogP contribution in [0.1, 0.15) is 86.5 Å². The van der Waals surface area contributed by atoms with Gasteiger partial charge in [0.2, 0.25) is 0 Å². The Morgan fingerprint density at radius 3 is 2.17 bits per heavy atom. The number of carbonyl (C=O) groups is 2. The van der Waals surface area contributed by atoms with Gasteiger partial charge in [0.15, 0.2) is 18.9 Å². The van der Waals surface area contributed by atoms with Gasteiger partial charge < -0.3 is 72.9 Å². The van der Waals surface area contributed by atoms with E-state index in [2.05, 4.69) is 4.90 Å². The summed E-state index contributed by atoms with van der Waals surface area (Å²) in [6, 6.07) is -0.466. The fraction of sp³-hybridized carbons (Fsp3) is 0.860. The molecule has 3 fully saturated rings. The maximum atomic E-state index is 13.1. The maximum Gasteiger partial charge on any atom is 0.308 e. The van der Waals surface area contributed by atoms with Crippen LogP contribution in [0.5, 0.6) is 0 Å². The lowest BCUT2D eigenvalue weighted by Gasteiger charge is -2.50. The molecule has 0 aromatic rings. The van der Waals surface area contributed by atoms with Crippen LogP contribution in [0, 0.1) is 11.8 Å². The van der Waals surface area contributed by atoms with Crippen LogP contribution in [0.2, 0.25) is 0 Å². The summed E-state index contributed by atoms with van der Waals surface area (Å²) >= 11 is 0. The number of ether oxygens (including phenoxy) is 8. The first-order valence-corrected chi connectivity index (χ1v) is 21.3. The summed E-state index contributed by atoms with van der Waals surface area (Å²) in [5.74, 6) is -1.47. The van der Waals surface area contributed by atoms with E-state index in [-0.39, 0.29) is 30.9 Å². The molecule has 0 bridgehead atoms. The molecular weight excluding hydrogens is 768 g/mol. The predicted molar refractivity (Wildman–Crippen MR) is 217 cm³/mol. The number of cyclic esters (lactones) is 1. The Morgan fingerprint density at radius 2 is 1.56 bits per heavy atom. The summed E-state index contributed by atoms with van der Waals surface area (Å²) in [6.45, 7) is 10.8. The SMILES string of the molecule is CO[C@@H]1[C@@H](O[C@@H]2O[C@H](C)[C@@H](O[C@H]3C[C@@](C)(O)[C@@H](O)[C@H](C)O3)[C@H](N(C)C)[C@H]2O)[C@@H](CC=O)C[C@@H](C)[C@@H](O[C@H]2CC[C@H](N(C)C)[C@H](C)O2)C=CC=CC[C@@H](C)OC(=O)C[C@H]1O. The summed E-state index contributed by atoms with van der Waals surface area (Å²) in [6.07, 6.45) is -1.56. The molecule has 0 unspecified atom stereocenters. The highest BCUT2D eigenvalue weighted by Crippen LogP contribution is 2.37. The lowest BCUT2D eigenvalue weighted by atomic mass is 9.82. The lowest BCUT2D eigenvalue weighted by Crippen LogP contribution is -2.65. The van der Waals surface area contributed by atoms with E-state index in [0.29, 0.717) is 19.3 Å². The molecule has 0 aliphatic carbocycles. The van der Waals surface area contributed by atoms with Crippen molar-refractivity contribution in [2.45, 2.75) is 190 Å². The van der Waals surface area contributed by atoms with Crippen LogP contribution in [0.15, 0.2) is 24.3 Å². The third-order valence-electron chi connectivity index (χ3n) is 12.4. The van der Waals surface area contributed by atoms with Crippen molar-refractivity contribution in [1.29, 1.82) is 0 Å². The van der Waals surface area contributed by atoms with Gasteiger partial charge >= 0.3 is 5.97 Å². The Morgan fingerprint density at radius 1 is 0.864 bits per heavy atom. The maximum absolute atomic E-state index is 13.1. The minimum absolute atomic E-state index is 0.00885. The average Bonchev–Trinajstić information content (AvgIpc) is 3.13. The second kappa shape index (κ2) is 22.5. The van der Waals surface area contributed by atoms with Gasteiger partial charge in [-0.25, -0.2) is 0 Å². The molecule has 0 saturated carbocycles. The minimum atomic E-state index is -1.47. The zero-order valence-electron chi connectivity index (χ0n) is 37.0. The molecule has 4 aliphatic rings. The number of allylic oxidation sites excluding steroid dienone is 2. The number of esters is 1. The highest BCUT2D eigenvalue weighted by molar-refractivity contribution is 5.70. The summed E-state index contributed by atoms with van der Waals surface area (Å²) in [4.78, 5) is 29.5. The summed E-state index contributed by atoms with van der Waals surface area (Å²) in [7, 11) is 9.03. The molecule has 4 N–H and O–H groups in total. The molecule has 16 nitrogen and oxygen atoms in total. The van der Waals surface area contributed by atoms with Gasteiger partial charge in [-0.15, -0.1) is 0 Å². The number of rotatable bonds is 11. The van der Waals surface area contributed by atoms with Crippen molar-refractivity contribution in [2.75, 3.05) is 35.3 Å². The Bertz CT molecular complexity index is 1370. The Labute approximate surface area is 351 Å². The summed E-state index contributed by atoms with van der Waals surface area (Å²) in [5, 5.41) is 45.1. The normalized spacial score (nSPS) is 44.7. The Balaban J connectivity index is 1.66. The molecule has 4 aliphatic heterocycles. The smallest absolute Gasteiger partial charge is 0.308 e.